The van der Waals surface area contributed by atoms with Crippen LogP contribution in [-0.2, 0) is 4.79 Å². The van der Waals surface area contributed by atoms with E-state index >= 15 is 0 Å². The smallest absolute Gasteiger partial charge is 0.236 e. The van der Waals surface area contributed by atoms with Gasteiger partial charge in [-0.3, -0.25) is 9.80 Å². The number of fused-ring (bicyclic) bond motifs is 4. The molecular weight excluding hydrogens is 128 g/mol. The molecule has 1 amide bonds. The van der Waals surface area contributed by atoms with Crippen LogP contribution < -0.4 is 5.43 Å². The molecule has 1 atom stereocenters. The van der Waals surface area contributed by atoms with Crippen molar-refractivity contribution < 1.29 is 4.79 Å². The minimum Gasteiger partial charge on any atom is -0.278 e. The maximum Gasteiger partial charge on any atom is 0.236 e. The zero-order valence-electron chi connectivity index (χ0n) is 5.97. The molecule has 1 unspecified atom stereocenters. The summed E-state index contributed by atoms with van der Waals surface area (Å²) in [6.45, 7) is 1.90. The molecule has 3 heterocycles. The molecule has 3 heteroatoms. The Kier molecular flexibility index (Phi) is 1.38. The fourth-order valence-corrected chi connectivity index (χ4v) is 1.71. The van der Waals surface area contributed by atoms with E-state index in [4.69, 9.17) is 0 Å². The number of piperidine rings is 1. The van der Waals surface area contributed by atoms with Gasteiger partial charge in [0.15, 0.2) is 0 Å². The van der Waals surface area contributed by atoms with E-state index in [-0.39, 0.29) is 5.91 Å². The zero-order chi connectivity index (χ0) is 6.97. The highest BCUT2D eigenvalue weighted by Gasteiger charge is 2.28. The lowest BCUT2D eigenvalue weighted by Crippen LogP contribution is -2.43. The van der Waals surface area contributed by atoms with Gasteiger partial charge in [0.05, 0.1) is 0 Å². The van der Waals surface area contributed by atoms with Gasteiger partial charge in [-0.25, -0.2) is 5.43 Å². The fraction of sp³-hybridized carbons (Fsp3) is 0.857. The topological polar surface area (TPSA) is 32.3 Å². The van der Waals surface area contributed by atoms with Gasteiger partial charge in [-0.15, -0.1) is 0 Å². The lowest BCUT2D eigenvalue weighted by molar-refractivity contribution is -0.136. The van der Waals surface area contributed by atoms with Gasteiger partial charge < -0.3 is 0 Å². The lowest BCUT2D eigenvalue weighted by atomic mass is 9.95. The second-order valence-corrected chi connectivity index (χ2v) is 3.10. The summed E-state index contributed by atoms with van der Waals surface area (Å²) in [4.78, 5) is 11.1. The molecule has 3 aliphatic rings. The van der Waals surface area contributed by atoms with E-state index in [9.17, 15) is 4.79 Å². The number of nitrogens with one attached hydrogen (secondary N) is 1. The fourth-order valence-electron chi connectivity index (χ4n) is 1.71. The maximum atomic E-state index is 11.1. The molecule has 0 aromatic carbocycles. The second-order valence-electron chi connectivity index (χ2n) is 3.10. The highest BCUT2D eigenvalue weighted by atomic mass is 16.2. The molecule has 3 fully saturated rings. The molecule has 3 nitrogen and oxygen atoms in total. The van der Waals surface area contributed by atoms with Crippen LogP contribution >= 0.6 is 0 Å². The predicted molar refractivity (Wildman–Crippen MR) is 37.1 cm³/mol. The first-order valence-electron chi connectivity index (χ1n) is 3.90. The Morgan fingerprint density at radius 3 is 3.20 bits per heavy atom. The molecule has 0 radical (unpaired) electrons. The Morgan fingerprint density at radius 1 is 1.50 bits per heavy atom. The van der Waals surface area contributed by atoms with Crippen LogP contribution in [0.15, 0.2) is 0 Å². The van der Waals surface area contributed by atoms with Crippen LogP contribution in [-0.4, -0.2) is 24.0 Å². The predicted octanol–water partition coefficient (Wildman–Crippen LogP) is 0.133. The number of hydrazine groups is 1. The van der Waals surface area contributed by atoms with E-state index in [2.05, 4.69) is 5.43 Å². The van der Waals surface area contributed by atoms with Crippen molar-refractivity contribution >= 4 is 5.91 Å². The summed E-state index contributed by atoms with van der Waals surface area (Å²) in [5.74, 6) is 0.951. The molecule has 0 aromatic rings. The van der Waals surface area contributed by atoms with Gasteiger partial charge in [0.25, 0.3) is 0 Å². The van der Waals surface area contributed by atoms with Crippen molar-refractivity contribution in [2.75, 3.05) is 13.1 Å². The molecule has 0 saturated carbocycles. The van der Waals surface area contributed by atoms with Crippen LogP contribution in [0.1, 0.15) is 19.3 Å². The summed E-state index contributed by atoms with van der Waals surface area (Å²) in [5.41, 5.74) is 3.11. The summed E-state index contributed by atoms with van der Waals surface area (Å²) in [6, 6.07) is 0. The summed E-state index contributed by atoms with van der Waals surface area (Å²) in [5, 5.41) is 1.77. The van der Waals surface area contributed by atoms with Gasteiger partial charge in [-0.1, -0.05) is 0 Å². The molecule has 2 bridgehead atoms. The first-order chi connectivity index (χ1) is 4.86. The zero-order valence-corrected chi connectivity index (χ0v) is 5.97. The third kappa shape index (κ3) is 0.904. The van der Waals surface area contributed by atoms with Crippen molar-refractivity contribution in [2.45, 2.75) is 19.3 Å². The first-order valence-corrected chi connectivity index (χ1v) is 3.90. The highest BCUT2D eigenvalue weighted by Crippen LogP contribution is 2.22. The Morgan fingerprint density at radius 2 is 2.40 bits per heavy atom. The number of amides is 1. The Bertz CT molecular complexity index is 154. The van der Waals surface area contributed by atoms with Crippen molar-refractivity contribution in [3.63, 3.8) is 0 Å². The first kappa shape index (κ1) is 6.16. The standard InChI is InChI=1S/C7H12N2O/c10-7-5-6-1-3-8-9(7)4-2-6/h6,8H,1-5H2. The van der Waals surface area contributed by atoms with Gasteiger partial charge in [-0.2, -0.15) is 0 Å². The summed E-state index contributed by atoms with van der Waals surface area (Å²) in [7, 11) is 0. The quantitative estimate of drug-likeness (QED) is 0.519. The summed E-state index contributed by atoms with van der Waals surface area (Å²) >= 11 is 0. The number of rotatable bonds is 0. The van der Waals surface area contributed by atoms with Crippen LogP contribution in [0, 0.1) is 5.92 Å². The third-order valence-corrected chi connectivity index (χ3v) is 2.38. The molecule has 1 N–H and O–H groups in total. The summed E-state index contributed by atoms with van der Waals surface area (Å²) < 4.78 is 0. The maximum absolute atomic E-state index is 11.1. The van der Waals surface area contributed by atoms with Crippen molar-refractivity contribution in [3.05, 3.63) is 0 Å². The normalized spacial score (nSPS) is 32.6. The van der Waals surface area contributed by atoms with E-state index in [0.29, 0.717) is 5.92 Å². The number of hydrogen-bond donors (Lipinski definition) is 1. The minimum atomic E-state index is 0.286. The van der Waals surface area contributed by atoms with Crippen LogP contribution in [0.2, 0.25) is 0 Å². The number of carbonyl (C=O) groups excluding carboxylic acids is 1. The molecule has 3 saturated heterocycles. The lowest BCUT2D eigenvalue weighted by Gasteiger charge is -2.25. The van der Waals surface area contributed by atoms with Gasteiger partial charge in [0.2, 0.25) is 5.91 Å². The number of carbonyl (C=O) groups is 1. The molecular formula is C7H12N2O. The average Bonchev–Trinajstić information content (AvgIpc) is 2.20. The SMILES string of the molecule is O=C1CC2CCNN1CC2. The molecule has 0 aliphatic carbocycles. The van der Waals surface area contributed by atoms with Crippen molar-refractivity contribution in [1.82, 2.24) is 10.4 Å². The van der Waals surface area contributed by atoms with E-state index in [1.165, 1.54) is 12.8 Å². The number of hydrogen-bond acceptors (Lipinski definition) is 2. The van der Waals surface area contributed by atoms with Gasteiger partial charge in [-0.05, 0) is 18.8 Å². The molecule has 10 heavy (non-hydrogen) atoms. The van der Waals surface area contributed by atoms with Crippen LogP contribution in [0.25, 0.3) is 0 Å². The van der Waals surface area contributed by atoms with Gasteiger partial charge in [0.1, 0.15) is 0 Å². The Balaban J connectivity index is 2.15. The molecule has 0 aromatic heterocycles. The van der Waals surface area contributed by atoms with Crippen molar-refractivity contribution in [2.24, 2.45) is 5.92 Å². The average molecular weight is 140 g/mol. The minimum absolute atomic E-state index is 0.286. The van der Waals surface area contributed by atoms with Crippen molar-refractivity contribution in [1.29, 1.82) is 0 Å². The van der Waals surface area contributed by atoms with Crippen LogP contribution in [0.3, 0.4) is 0 Å². The van der Waals surface area contributed by atoms with Gasteiger partial charge in [0, 0.05) is 19.5 Å². The molecule has 3 rings (SSSR count). The van der Waals surface area contributed by atoms with Crippen molar-refractivity contribution in [3.8, 4) is 0 Å². The molecule has 3 aliphatic heterocycles. The largest absolute Gasteiger partial charge is 0.278 e. The summed E-state index contributed by atoms with van der Waals surface area (Å²) in [6.07, 6.45) is 3.13. The monoisotopic (exact) mass is 140 g/mol. The van der Waals surface area contributed by atoms with E-state index in [1.807, 2.05) is 0 Å². The van der Waals surface area contributed by atoms with Crippen LogP contribution in [0.4, 0.5) is 0 Å². The highest BCUT2D eigenvalue weighted by molar-refractivity contribution is 5.76. The Labute approximate surface area is 60.4 Å². The van der Waals surface area contributed by atoms with Crippen LogP contribution in [0.5, 0.6) is 0 Å². The van der Waals surface area contributed by atoms with E-state index < -0.39 is 0 Å². The van der Waals surface area contributed by atoms with E-state index in [0.717, 1.165) is 19.5 Å². The third-order valence-electron chi connectivity index (χ3n) is 2.38. The Hall–Kier alpha value is -0.570. The van der Waals surface area contributed by atoms with E-state index in [1.54, 1.807) is 5.01 Å². The second kappa shape index (κ2) is 2.23. The number of nitrogens with zero attached hydrogens (tertiary/aromatic N) is 1. The molecule has 0 spiro atoms. The van der Waals surface area contributed by atoms with Gasteiger partial charge >= 0.3 is 0 Å². The molecule has 56 valence electrons.